The fourth-order valence-corrected chi connectivity index (χ4v) is 3.82. The zero-order valence-corrected chi connectivity index (χ0v) is 22.5. The van der Waals surface area contributed by atoms with Gasteiger partial charge in [0.2, 0.25) is 0 Å². The molecule has 0 unspecified atom stereocenters. The number of carbonyl (C=O) groups is 3. The molecule has 200 valence electrons. The highest BCUT2D eigenvalue weighted by molar-refractivity contribution is 5.97. The van der Waals surface area contributed by atoms with E-state index in [-0.39, 0.29) is 13.0 Å². The van der Waals surface area contributed by atoms with Crippen molar-refractivity contribution in [3.63, 3.8) is 0 Å². The highest BCUT2D eigenvalue weighted by Crippen LogP contribution is 2.24. The zero-order chi connectivity index (χ0) is 27.2. The summed E-state index contributed by atoms with van der Waals surface area (Å²) in [6.45, 7) is 11.0. The Morgan fingerprint density at radius 3 is 2.11 bits per heavy atom. The minimum Gasteiger partial charge on any atom is -0.489 e. The monoisotopic (exact) mass is 511 g/mol. The highest BCUT2D eigenvalue weighted by atomic mass is 16.6. The number of hydrogen-bond donors (Lipinski definition) is 0. The lowest BCUT2D eigenvalue weighted by atomic mass is 10.0. The number of morpholine rings is 1. The highest BCUT2D eigenvalue weighted by Gasteiger charge is 2.43. The molecule has 0 N–H and O–H groups in total. The van der Waals surface area contributed by atoms with Crippen LogP contribution >= 0.6 is 0 Å². The molecule has 2 atom stereocenters. The van der Waals surface area contributed by atoms with Crippen LogP contribution in [0, 0.1) is 0 Å². The van der Waals surface area contributed by atoms with E-state index in [1.807, 2.05) is 54.6 Å². The molecule has 3 rings (SSSR count). The van der Waals surface area contributed by atoms with Gasteiger partial charge in [-0.15, -0.1) is 0 Å². The molecule has 1 heterocycles. The summed E-state index contributed by atoms with van der Waals surface area (Å²) < 4.78 is 22.5. The summed E-state index contributed by atoms with van der Waals surface area (Å²) in [6.07, 6.45) is -1.80. The van der Waals surface area contributed by atoms with E-state index < -0.39 is 41.3 Å². The van der Waals surface area contributed by atoms with Gasteiger partial charge in [0.25, 0.3) is 5.91 Å². The molecule has 1 fully saturated rings. The van der Waals surface area contributed by atoms with E-state index in [0.717, 1.165) is 16.0 Å². The van der Waals surface area contributed by atoms with Crippen molar-refractivity contribution in [2.75, 3.05) is 6.61 Å². The van der Waals surface area contributed by atoms with Crippen molar-refractivity contribution >= 4 is 18.0 Å². The molecule has 0 spiro atoms. The second-order valence-electron chi connectivity index (χ2n) is 11.1. The van der Waals surface area contributed by atoms with Crippen LogP contribution in [-0.2, 0) is 36.8 Å². The molecule has 0 radical (unpaired) electrons. The summed E-state index contributed by atoms with van der Waals surface area (Å²) >= 11 is 0. The molecule has 1 aliphatic heterocycles. The first kappa shape index (κ1) is 28.2. The van der Waals surface area contributed by atoms with Crippen LogP contribution in [0.5, 0.6) is 5.75 Å². The van der Waals surface area contributed by atoms with E-state index in [2.05, 4.69) is 0 Å². The van der Waals surface area contributed by atoms with Gasteiger partial charge in [0.1, 0.15) is 29.7 Å². The maximum absolute atomic E-state index is 13.3. The normalized spacial score (nSPS) is 18.3. The molecule has 0 bridgehead atoms. The molecule has 1 aliphatic rings. The SMILES string of the molecule is CC(C)(C)OC(=O)C[C@H]1OC[C@H](Cc2ccc(OCc3ccccc3)cc2)N(C(=O)OC(C)(C)C)C1=O. The number of ether oxygens (including phenoxy) is 4. The van der Waals surface area contributed by atoms with Crippen LogP contribution in [-0.4, -0.2) is 52.8 Å². The van der Waals surface area contributed by atoms with Crippen LogP contribution in [0.1, 0.15) is 59.1 Å². The Balaban J connectivity index is 1.69. The first-order valence-electron chi connectivity index (χ1n) is 12.5. The molecule has 2 aromatic carbocycles. The third-order valence-electron chi connectivity index (χ3n) is 5.37. The number of rotatable bonds is 7. The molecule has 0 aliphatic carbocycles. The second-order valence-corrected chi connectivity index (χ2v) is 11.1. The van der Waals surface area contributed by atoms with Crippen molar-refractivity contribution in [2.24, 2.45) is 0 Å². The first-order chi connectivity index (χ1) is 17.3. The summed E-state index contributed by atoms with van der Waals surface area (Å²) in [6, 6.07) is 16.8. The predicted molar refractivity (Wildman–Crippen MR) is 138 cm³/mol. The molecule has 37 heavy (non-hydrogen) atoms. The molecule has 2 amide bonds. The van der Waals surface area contributed by atoms with Crippen LogP contribution in [0.4, 0.5) is 4.79 Å². The molecule has 0 saturated carbocycles. The van der Waals surface area contributed by atoms with Gasteiger partial charge in [0, 0.05) is 0 Å². The van der Waals surface area contributed by atoms with Gasteiger partial charge in [0.15, 0.2) is 0 Å². The van der Waals surface area contributed by atoms with Crippen molar-refractivity contribution in [2.45, 2.75) is 84.3 Å². The Bertz CT molecular complexity index is 1070. The molecule has 1 saturated heterocycles. The first-order valence-corrected chi connectivity index (χ1v) is 12.5. The third kappa shape index (κ3) is 8.89. The Kier molecular flexibility index (Phi) is 8.97. The molecule has 2 aromatic rings. The predicted octanol–water partition coefficient (Wildman–Crippen LogP) is 5.07. The lowest BCUT2D eigenvalue weighted by Crippen LogP contribution is -2.58. The van der Waals surface area contributed by atoms with E-state index >= 15 is 0 Å². The van der Waals surface area contributed by atoms with Crippen molar-refractivity contribution in [3.8, 4) is 5.75 Å². The van der Waals surface area contributed by atoms with Crippen molar-refractivity contribution in [1.29, 1.82) is 0 Å². The van der Waals surface area contributed by atoms with E-state index in [9.17, 15) is 14.4 Å². The number of imide groups is 1. The summed E-state index contributed by atoms with van der Waals surface area (Å²) in [5.41, 5.74) is 0.476. The second kappa shape index (κ2) is 11.8. The van der Waals surface area contributed by atoms with Gasteiger partial charge >= 0.3 is 12.1 Å². The number of benzene rings is 2. The Morgan fingerprint density at radius 1 is 0.892 bits per heavy atom. The number of nitrogens with zero attached hydrogens (tertiary/aromatic N) is 1. The van der Waals surface area contributed by atoms with Crippen LogP contribution in [0.2, 0.25) is 0 Å². The third-order valence-corrected chi connectivity index (χ3v) is 5.37. The van der Waals surface area contributed by atoms with Crippen LogP contribution in [0.25, 0.3) is 0 Å². The van der Waals surface area contributed by atoms with Gasteiger partial charge < -0.3 is 18.9 Å². The number of carbonyl (C=O) groups excluding carboxylic acids is 3. The zero-order valence-electron chi connectivity index (χ0n) is 22.5. The fourth-order valence-electron chi connectivity index (χ4n) is 3.82. The summed E-state index contributed by atoms with van der Waals surface area (Å²) in [5, 5.41) is 0. The average Bonchev–Trinajstić information content (AvgIpc) is 2.79. The summed E-state index contributed by atoms with van der Waals surface area (Å²) in [4.78, 5) is 39.8. The van der Waals surface area contributed by atoms with E-state index in [0.29, 0.717) is 18.8 Å². The molecule has 8 nitrogen and oxygen atoms in total. The lowest BCUT2D eigenvalue weighted by molar-refractivity contribution is -0.170. The van der Waals surface area contributed by atoms with Crippen molar-refractivity contribution in [3.05, 3.63) is 65.7 Å². The van der Waals surface area contributed by atoms with Crippen LogP contribution in [0.3, 0.4) is 0 Å². The molecular formula is C29H37NO7. The maximum atomic E-state index is 13.3. The smallest absolute Gasteiger partial charge is 0.417 e. The number of esters is 1. The van der Waals surface area contributed by atoms with Gasteiger partial charge in [-0.2, -0.15) is 0 Å². The van der Waals surface area contributed by atoms with Gasteiger partial charge in [-0.05, 0) is 71.2 Å². The lowest BCUT2D eigenvalue weighted by Gasteiger charge is -2.38. The molecular weight excluding hydrogens is 474 g/mol. The minimum atomic E-state index is -1.12. The average molecular weight is 512 g/mol. The summed E-state index contributed by atoms with van der Waals surface area (Å²) in [7, 11) is 0. The largest absolute Gasteiger partial charge is 0.489 e. The molecule has 0 aromatic heterocycles. The quantitative estimate of drug-likeness (QED) is 0.479. The van der Waals surface area contributed by atoms with E-state index in [1.165, 1.54) is 0 Å². The van der Waals surface area contributed by atoms with Crippen molar-refractivity contribution < 1.29 is 33.3 Å². The van der Waals surface area contributed by atoms with Gasteiger partial charge in [0.05, 0.1) is 19.1 Å². The van der Waals surface area contributed by atoms with Crippen LogP contribution in [0.15, 0.2) is 54.6 Å². The maximum Gasteiger partial charge on any atom is 0.417 e. The van der Waals surface area contributed by atoms with Crippen LogP contribution < -0.4 is 4.74 Å². The van der Waals surface area contributed by atoms with Gasteiger partial charge in [-0.1, -0.05) is 42.5 Å². The van der Waals surface area contributed by atoms with Crippen molar-refractivity contribution in [1.82, 2.24) is 4.90 Å². The van der Waals surface area contributed by atoms with Gasteiger partial charge in [-0.3, -0.25) is 9.59 Å². The van der Waals surface area contributed by atoms with E-state index in [4.69, 9.17) is 18.9 Å². The van der Waals surface area contributed by atoms with E-state index in [1.54, 1.807) is 41.5 Å². The topological polar surface area (TPSA) is 91.4 Å². The Hall–Kier alpha value is -3.39. The standard InChI is InChI=1S/C29H37NO7/c1-28(2,3)36-25(31)17-24-26(32)30(27(33)37-29(4,5)6)22(19-35-24)16-20-12-14-23(15-13-20)34-18-21-10-8-7-9-11-21/h7-15,22,24H,16-19H2,1-6H3/t22-,24+/m0/s1. The summed E-state index contributed by atoms with van der Waals surface area (Å²) in [5.74, 6) is -0.469. The Labute approximate surface area is 218 Å². The fraction of sp³-hybridized carbons (Fsp3) is 0.483. The molecule has 8 heteroatoms. The van der Waals surface area contributed by atoms with Gasteiger partial charge in [-0.25, -0.2) is 9.69 Å². The number of hydrogen-bond acceptors (Lipinski definition) is 7. The Morgan fingerprint density at radius 2 is 1.51 bits per heavy atom. The minimum absolute atomic E-state index is 0.0741. The number of amides is 2.